The van der Waals surface area contributed by atoms with E-state index in [1.54, 1.807) is 0 Å². The van der Waals surface area contributed by atoms with Crippen molar-refractivity contribution in [2.45, 2.75) is 57.5 Å². The summed E-state index contributed by atoms with van der Waals surface area (Å²) in [6.07, 6.45) is 6.70. The fourth-order valence-corrected chi connectivity index (χ4v) is 3.94. The summed E-state index contributed by atoms with van der Waals surface area (Å²) in [5.74, 6) is 7.05. The molecule has 0 heterocycles. The van der Waals surface area contributed by atoms with Crippen LogP contribution in [0.15, 0.2) is 60.7 Å². The van der Waals surface area contributed by atoms with Crippen molar-refractivity contribution >= 4 is 0 Å². The van der Waals surface area contributed by atoms with E-state index in [9.17, 15) is 13.2 Å². The fourth-order valence-electron chi connectivity index (χ4n) is 3.94. The number of hydrogen-bond donors (Lipinski definition) is 0. The van der Waals surface area contributed by atoms with Crippen molar-refractivity contribution in [2.24, 2.45) is 5.92 Å². The molecule has 29 heavy (non-hydrogen) atoms. The molecule has 2 aromatic carbocycles. The molecule has 152 valence electrons. The van der Waals surface area contributed by atoms with Gasteiger partial charge >= 0.3 is 6.18 Å². The molecule has 1 aliphatic rings. The second kappa shape index (κ2) is 9.83. The molecule has 0 radical (unpaired) electrons. The predicted octanol–water partition coefficient (Wildman–Crippen LogP) is 7.54. The monoisotopic (exact) mass is 396 g/mol. The van der Waals surface area contributed by atoms with E-state index in [1.807, 2.05) is 6.08 Å². The highest BCUT2D eigenvalue weighted by Gasteiger charge is 2.29. The predicted molar refractivity (Wildman–Crippen MR) is 113 cm³/mol. The molecular weight excluding hydrogens is 369 g/mol. The lowest BCUT2D eigenvalue weighted by atomic mass is 9.78. The summed E-state index contributed by atoms with van der Waals surface area (Å²) in [6, 6.07) is 14.1. The lowest BCUT2D eigenvalue weighted by Crippen LogP contribution is -2.11. The summed E-state index contributed by atoms with van der Waals surface area (Å²) >= 11 is 0. The molecule has 0 aromatic heterocycles. The Labute approximate surface area is 171 Å². The van der Waals surface area contributed by atoms with E-state index in [0.717, 1.165) is 31.4 Å². The van der Waals surface area contributed by atoms with Crippen LogP contribution in [0.25, 0.3) is 0 Å². The van der Waals surface area contributed by atoms with Gasteiger partial charge in [0.2, 0.25) is 0 Å². The van der Waals surface area contributed by atoms with E-state index in [0.29, 0.717) is 17.4 Å². The maximum absolute atomic E-state index is 12.6. The van der Waals surface area contributed by atoms with Crippen LogP contribution in [0, 0.1) is 17.8 Å². The van der Waals surface area contributed by atoms with Crippen LogP contribution in [0.5, 0.6) is 0 Å². The first-order valence-corrected chi connectivity index (χ1v) is 10.4. The van der Waals surface area contributed by atoms with Crippen LogP contribution < -0.4 is 0 Å². The quantitative estimate of drug-likeness (QED) is 0.468. The van der Waals surface area contributed by atoms with Gasteiger partial charge in [0.05, 0.1) is 5.56 Å². The summed E-state index contributed by atoms with van der Waals surface area (Å²) in [6.45, 7) is 2.20. The molecule has 0 unspecified atom stereocenters. The number of alkyl halides is 3. The molecule has 0 atom stereocenters. The molecule has 3 rings (SSSR count). The number of allylic oxidation sites excluding steroid dienone is 2. The standard InChI is InChI=1S/C26H27F3/c1-2-5-20-8-14-23(15-9-20)24-16-10-21(11-17-24)6-3-4-7-22-12-18-25(19-13-22)26(27,28)29/h3,6,8-9,12-15,18-19,21,24H,2,5,10-11,16-17H2,1H3. The van der Waals surface area contributed by atoms with E-state index >= 15 is 0 Å². The Hall–Kier alpha value is -2.47. The third kappa shape index (κ3) is 6.26. The Morgan fingerprint density at radius 1 is 0.931 bits per heavy atom. The molecule has 3 heteroatoms. The SMILES string of the molecule is CCCc1ccc(C2CCC(C=CC#Cc3ccc(C(F)(F)F)cc3)CC2)cc1. The van der Waals surface area contributed by atoms with Crippen molar-refractivity contribution in [1.29, 1.82) is 0 Å². The number of benzene rings is 2. The van der Waals surface area contributed by atoms with Gasteiger partial charge in [-0.1, -0.05) is 55.5 Å². The van der Waals surface area contributed by atoms with Crippen LogP contribution in [0.3, 0.4) is 0 Å². The number of hydrogen-bond acceptors (Lipinski definition) is 0. The van der Waals surface area contributed by atoms with Crippen molar-refractivity contribution in [3.05, 3.63) is 82.9 Å². The van der Waals surface area contributed by atoms with Gasteiger partial charge in [0.15, 0.2) is 0 Å². The maximum Gasteiger partial charge on any atom is 0.416 e. The van der Waals surface area contributed by atoms with Crippen LogP contribution in [-0.4, -0.2) is 0 Å². The molecule has 0 nitrogen and oxygen atoms in total. The van der Waals surface area contributed by atoms with Crippen LogP contribution in [0.4, 0.5) is 13.2 Å². The zero-order chi connectivity index (χ0) is 20.7. The molecule has 0 N–H and O–H groups in total. The average Bonchev–Trinajstić information content (AvgIpc) is 2.72. The number of rotatable bonds is 4. The minimum Gasteiger partial charge on any atom is -0.166 e. The summed E-state index contributed by atoms with van der Waals surface area (Å²) < 4.78 is 37.7. The molecule has 0 aliphatic heterocycles. The van der Waals surface area contributed by atoms with Crippen LogP contribution >= 0.6 is 0 Å². The van der Waals surface area contributed by atoms with Crippen molar-refractivity contribution in [3.63, 3.8) is 0 Å². The molecule has 0 spiro atoms. The third-order valence-electron chi connectivity index (χ3n) is 5.64. The molecular formula is C26H27F3. The first kappa shape index (κ1) is 21.2. The van der Waals surface area contributed by atoms with Crippen molar-refractivity contribution < 1.29 is 13.2 Å². The highest BCUT2D eigenvalue weighted by Crippen LogP contribution is 2.36. The highest BCUT2D eigenvalue weighted by molar-refractivity contribution is 5.39. The van der Waals surface area contributed by atoms with Gasteiger partial charge in [0.1, 0.15) is 0 Å². The minimum absolute atomic E-state index is 0.535. The van der Waals surface area contributed by atoms with Gasteiger partial charge in [-0.15, -0.1) is 0 Å². The second-order valence-electron chi connectivity index (χ2n) is 7.81. The molecule has 2 aromatic rings. The Kier molecular flexibility index (Phi) is 7.20. The lowest BCUT2D eigenvalue weighted by Gasteiger charge is -2.27. The van der Waals surface area contributed by atoms with Crippen LogP contribution in [0.1, 0.15) is 67.2 Å². The molecule has 1 fully saturated rings. The van der Waals surface area contributed by atoms with Crippen molar-refractivity contribution in [2.75, 3.05) is 0 Å². The van der Waals surface area contributed by atoms with E-state index in [2.05, 4.69) is 49.1 Å². The second-order valence-corrected chi connectivity index (χ2v) is 7.81. The zero-order valence-electron chi connectivity index (χ0n) is 16.8. The summed E-state index contributed by atoms with van der Waals surface area (Å²) in [5.41, 5.74) is 2.82. The first-order chi connectivity index (χ1) is 14.0. The van der Waals surface area contributed by atoms with E-state index < -0.39 is 11.7 Å². The summed E-state index contributed by atoms with van der Waals surface area (Å²) in [5, 5.41) is 0. The van der Waals surface area contributed by atoms with Gasteiger partial charge in [-0.25, -0.2) is 0 Å². The Morgan fingerprint density at radius 2 is 1.59 bits per heavy atom. The highest BCUT2D eigenvalue weighted by atomic mass is 19.4. The van der Waals surface area contributed by atoms with Crippen LogP contribution in [0.2, 0.25) is 0 Å². The van der Waals surface area contributed by atoms with Crippen molar-refractivity contribution in [1.82, 2.24) is 0 Å². The third-order valence-corrected chi connectivity index (χ3v) is 5.64. The maximum atomic E-state index is 12.6. The van der Waals surface area contributed by atoms with Gasteiger partial charge < -0.3 is 0 Å². The minimum atomic E-state index is -4.30. The van der Waals surface area contributed by atoms with E-state index in [4.69, 9.17) is 0 Å². The number of halogens is 3. The zero-order valence-corrected chi connectivity index (χ0v) is 16.8. The molecule has 0 bridgehead atoms. The smallest absolute Gasteiger partial charge is 0.166 e. The molecule has 0 amide bonds. The van der Waals surface area contributed by atoms with Crippen molar-refractivity contribution in [3.8, 4) is 11.8 Å². The largest absolute Gasteiger partial charge is 0.416 e. The Balaban J connectivity index is 1.48. The van der Waals surface area contributed by atoms with Gasteiger partial charge in [0, 0.05) is 5.56 Å². The van der Waals surface area contributed by atoms with Gasteiger partial charge in [-0.3, -0.25) is 0 Å². The molecule has 0 saturated heterocycles. The molecule has 1 saturated carbocycles. The average molecular weight is 396 g/mol. The molecule has 1 aliphatic carbocycles. The van der Waals surface area contributed by atoms with E-state index in [1.165, 1.54) is 42.5 Å². The normalized spacial score (nSPS) is 19.7. The first-order valence-electron chi connectivity index (χ1n) is 10.4. The summed E-state index contributed by atoms with van der Waals surface area (Å²) in [7, 11) is 0. The Bertz CT molecular complexity index is 853. The summed E-state index contributed by atoms with van der Waals surface area (Å²) in [4.78, 5) is 0. The Morgan fingerprint density at radius 3 is 2.17 bits per heavy atom. The van der Waals surface area contributed by atoms with Gasteiger partial charge in [-0.05, 0) is 85.4 Å². The van der Waals surface area contributed by atoms with Gasteiger partial charge in [-0.2, -0.15) is 13.2 Å². The van der Waals surface area contributed by atoms with E-state index in [-0.39, 0.29) is 0 Å². The topological polar surface area (TPSA) is 0 Å². The number of aryl methyl sites for hydroxylation is 1. The fraction of sp³-hybridized carbons (Fsp3) is 0.385. The van der Waals surface area contributed by atoms with Gasteiger partial charge in [0.25, 0.3) is 0 Å². The lowest BCUT2D eigenvalue weighted by molar-refractivity contribution is -0.137. The van der Waals surface area contributed by atoms with Crippen LogP contribution in [-0.2, 0) is 12.6 Å².